The van der Waals surface area contributed by atoms with Gasteiger partial charge in [0.1, 0.15) is 0 Å². The minimum absolute atomic E-state index is 0. The monoisotopic (exact) mass is 391 g/mol. The van der Waals surface area contributed by atoms with Crippen LogP contribution in [-0.2, 0) is 0 Å². The second kappa shape index (κ2) is 6.84. The van der Waals surface area contributed by atoms with Crippen molar-refractivity contribution >= 4 is 29.9 Å². The molecule has 3 rings (SSSR count). The molecule has 0 atom stereocenters. The number of piperidine rings is 1. The minimum atomic E-state index is 0. The van der Waals surface area contributed by atoms with Crippen LogP contribution in [0, 0.1) is 17.3 Å². The summed E-state index contributed by atoms with van der Waals surface area (Å²) in [5.41, 5.74) is 0.638. The first kappa shape index (κ1) is 16.4. The maximum Gasteiger partial charge on any atom is 0.193 e. The molecule has 1 aliphatic heterocycles. The van der Waals surface area contributed by atoms with E-state index in [1.807, 2.05) is 7.05 Å². The molecule has 20 heavy (non-hydrogen) atoms. The summed E-state index contributed by atoms with van der Waals surface area (Å²) in [6, 6.07) is 0. The highest BCUT2D eigenvalue weighted by Crippen LogP contribution is 2.56. The summed E-state index contributed by atoms with van der Waals surface area (Å²) >= 11 is 0. The summed E-state index contributed by atoms with van der Waals surface area (Å²) < 4.78 is 0. The Labute approximate surface area is 141 Å². The topological polar surface area (TPSA) is 27.6 Å². The number of hydrogen-bond acceptors (Lipinski definition) is 1. The summed E-state index contributed by atoms with van der Waals surface area (Å²) in [6.45, 7) is 5.88. The van der Waals surface area contributed by atoms with Gasteiger partial charge in [-0.25, -0.2) is 0 Å². The Morgan fingerprint density at radius 2 is 1.85 bits per heavy atom. The molecule has 0 unspecified atom stereocenters. The smallest absolute Gasteiger partial charge is 0.193 e. The van der Waals surface area contributed by atoms with Crippen molar-refractivity contribution in [2.45, 2.75) is 51.9 Å². The highest BCUT2D eigenvalue weighted by atomic mass is 127. The number of guanidine groups is 1. The molecule has 1 N–H and O–H groups in total. The maximum atomic E-state index is 4.51. The third-order valence-electron chi connectivity index (χ3n) is 5.69. The van der Waals surface area contributed by atoms with E-state index in [9.17, 15) is 0 Å². The molecule has 0 aromatic heterocycles. The SMILES string of the molecule is CN=C(NCC1(C2CC2)CCC1)N1CCC(C)CC1.I. The fraction of sp³-hybridized carbons (Fsp3) is 0.938. The zero-order chi connectivity index (χ0) is 13.3. The van der Waals surface area contributed by atoms with Gasteiger partial charge in [0.15, 0.2) is 5.96 Å². The average molecular weight is 391 g/mol. The highest BCUT2D eigenvalue weighted by Gasteiger charge is 2.48. The van der Waals surface area contributed by atoms with Gasteiger partial charge in [0.25, 0.3) is 0 Å². The van der Waals surface area contributed by atoms with Gasteiger partial charge in [0.2, 0.25) is 0 Å². The normalized spacial score (nSPS) is 26.7. The van der Waals surface area contributed by atoms with Crippen molar-refractivity contribution in [3.63, 3.8) is 0 Å². The highest BCUT2D eigenvalue weighted by molar-refractivity contribution is 14.0. The molecular formula is C16H30IN3. The van der Waals surface area contributed by atoms with E-state index >= 15 is 0 Å². The van der Waals surface area contributed by atoms with Crippen molar-refractivity contribution in [2.24, 2.45) is 22.2 Å². The molecule has 1 heterocycles. The van der Waals surface area contributed by atoms with E-state index in [4.69, 9.17) is 0 Å². The second-order valence-corrected chi connectivity index (χ2v) is 7.06. The summed E-state index contributed by atoms with van der Waals surface area (Å²) in [5.74, 6) is 3.06. The Kier molecular flexibility index (Phi) is 5.60. The van der Waals surface area contributed by atoms with Gasteiger partial charge in [0, 0.05) is 26.7 Å². The number of aliphatic imine (C=N–C) groups is 1. The molecule has 0 amide bonds. The fourth-order valence-electron chi connectivity index (χ4n) is 3.86. The quantitative estimate of drug-likeness (QED) is 0.453. The summed E-state index contributed by atoms with van der Waals surface area (Å²) in [4.78, 5) is 6.97. The minimum Gasteiger partial charge on any atom is -0.356 e. The summed E-state index contributed by atoms with van der Waals surface area (Å²) in [7, 11) is 1.94. The van der Waals surface area contributed by atoms with Crippen molar-refractivity contribution in [3.05, 3.63) is 0 Å². The van der Waals surface area contributed by atoms with Gasteiger partial charge in [-0.05, 0) is 55.8 Å². The van der Waals surface area contributed by atoms with Gasteiger partial charge < -0.3 is 10.2 Å². The van der Waals surface area contributed by atoms with Crippen molar-refractivity contribution in [1.82, 2.24) is 10.2 Å². The molecular weight excluding hydrogens is 361 g/mol. The molecule has 1 saturated heterocycles. The maximum absolute atomic E-state index is 4.51. The van der Waals surface area contributed by atoms with Crippen LogP contribution in [0.25, 0.3) is 0 Å². The predicted molar refractivity (Wildman–Crippen MR) is 95.8 cm³/mol. The molecule has 0 radical (unpaired) electrons. The average Bonchev–Trinajstić information content (AvgIpc) is 3.19. The van der Waals surface area contributed by atoms with Crippen LogP contribution in [0.2, 0.25) is 0 Å². The van der Waals surface area contributed by atoms with Gasteiger partial charge in [0.05, 0.1) is 0 Å². The molecule has 116 valence electrons. The van der Waals surface area contributed by atoms with E-state index in [2.05, 4.69) is 22.1 Å². The lowest BCUT2D eigenvalue weighted by Gasteiger charge is -2.44. The number of rotatable bonds is 3. The zero-order valence-electron chi connectivity index (χ0n) is 13.0. The van der Waals surface area contributed by atoms with E-state index in [-0.39, 0.29) is 24.0 Å². The standard InChI is InChI=1S/C16H29N3.HI/c1-13-6-10-19(11-7-13)15(17-2)18-12-16(8-3-9-16)14-4-5-14;/h13-14H,3-12H2,1-2H3,(H,17,18);1H. The molecule has 3 aliphatic rings. The van der Waals surface area contributed by atoms with Gasteiger partial charge in [-0.15, -0.1) is 24.0 Å². The number of hydrogen-bond donors (Lipinski definition) is 1. The molecule has 0 spiro atoms. The lowest BCUT2D eigenvalue weighted by Crippen LogP contribution is -2.50. The number of nitrogens with zero attached hydrogens (tertiary/aromatic N) is 2. The van der Waals surface area contributed by atoms with Crippen LogP contribution in [0.1, 0.15) is 51.9 Å². The predicted octanol–water partition coefficient (Wildman–Crippen LogP) is 3.49. The summed E-state index contributed by atoms with van der Waals surface area (Å²) in [6.07, 6.45) is 9.90. The lowest BCUT2D eigenvalue weighted by atomic mass is 9.65. The van der Waals surface area contributed by atoms with E-state index in [1.165, 1.54) is 58.0 Å². The molecule has 3 fully saturated rings. The molecule has 2 aliphatic carbocycles. The fourth-order valence-corrected chi connectivity index (χ4v) is 3.86. The first-order chi connectivity index (χ1) is 9.23. The second-order valence-electron chi connectivity index (χ2n) is 7.06. The molecule has 3 nitrogen and oxygen atoms in total. The van der Waals surface area contributed by atoms with Gasteiger partial charge in [-0.1, -0.05) is 13.3 Å². The third-order valence-corrected chi connectivity index (χ3v) is 5.69. The van der Waals surface area contributed by atoms with Crippen LogP contribution in [0.3, 0.4) is 0 Å². The Morgan fingerprint density at radius 1 is 1.20 bits per heavy atom. The third kappa shape index (κ3) is 3.42. The number of likely N-dealkylation sites (tertiary alicyclic amines) is 1. The van der Waals surface area contributed by atoms with Crippen LogP contribution in [0.4, 0.5) is 0 Å². The molecule has 0 aromatic rings. The van der Waals surface area contributed by atoms with Crippen molar-refractivity contribution in [1.29, 1.82) is 0 Å². The number of nitrogens with one attached hydrogen (secondary N) is 1. The Balaban J connectivity index is 0.00000147. The Bertz CT molecular complexity index is 340. The van der Waals surface area contributed by atoms with E-state index in [0.29, 0.717) is 5.41 Å². The van der Waals surface area contributed by atoms with Gasteiger partial charge in [-0.2, -0.15) is 0 Å². The Hall–Kier alpha value is 0. The van der Waals surface area contributed by atoms with Crippen LogP contribution >= 0.6 is 24.0 Å². The van der Waals surface area contributed by atoms with Crippen molar-refractivity contribution in [3.8, 4) is 0 Å². The number of halogens is 1. The molecule has 2 saturated carbocycles. The molecule has 0 bridgehead atoms. The zero-order valence-corrected chi connectivity index (χ0v) is 15.4. The lowest BCUT2D eigenvalue weighted by molar-refractivity contribution is 0.104. The van der Waals surface area contributed by atoms with Crippen molar-refractivity contribution in [2.75, 3.05) is 26.7 Å². The largest absolute Gasteiger partial charge is 0.356 e. The van der Waals surface area contributed by atoms with Crippen LogP contribution in [0.15, 0.2) is 4.99 Å². The Morgan fingerprint density at radius 3 is 2.30 bits per heavy atom. The first-order valence-electron chi connectivity index (χ1n) is 8.19. The van der Waals surface area contributed by atoms with Gasteiger partial charge >= 0.3 is 0 Å². The first-order valence-corrected chi connectivity index (χ1v) is 8.19. The van der Waals surface area contributed by atoms with E-state index in [1.54, 1.807) is 0 Å². The van der Waals surface area contributed by atoms with Crippen molar-refractivity contribution < 1.29 is 0 Å². The van der Waals surface area contributed by atoms with Crippen LogP contribution in [-0.4, -0.2) is 37.5 Å². The van der Waals surface area contributed by atoms with E-state index in [0.717, 1.165) is 24.3 Å². The van der Waals surface area contributed by atoms with Gasteiger partial charge in [-0.3, -0.25) is 4.99 Å². The van der Waals surface area contributed by atoms with E-state index < -0.39 is 0 Å². The molecule has 4 heteroatoms. The van der Waals surface area contributed by atoms with Crippen LogP contribution < -0.4 is 5.32 Å². The molecule has 0 aromatic carbocycles. The summed E-state index contributed by atoms with van der Waals surface area (Å²) in [5, 5.41) is 3.69. The van der Waals surface area contributed by atoms with Crippen LogP contribution in [0.5, 0.6) is 0 Å².